The summed E-state index contributed by atoms with van der Waals surface area (Å²) in [6.45, 7) is 7.21. The van der Waals surface area contributed by atoms with Gasteiger partial charge in [-0.1, -0.05) is 22.9 Å². The standard InChI is InChI=1S/C15H20BrNO4/c1-5-9(3)17-14(18)10(4)21-13-8(2)6-11(16)7-12(13)15(19)20/h6-7,9-10H,5H2,1-4H3,(H,17,18)(H,19,20). The molecule has 2 atom stereocenters. The first-order valence-corrected chi connectivity index (χ1v) is 7.56. The van der Waals surface area contributed by atoms with E-state index >= 15 is 0 Å². The SMILES string of the molecule is CCC(C)NC(=O)C(C)Oc1c(C)cc(Br)cc1C(=O)O. The van der Waals surface area contributed by atoms with E-state index in [4.69, 9.17) is 4.74 Å². The molecule has 0 aromatic heterocycles. The molecule has 21 heavy (non-hydrogen) atoms. The highest BCUT2D eigenvalue weighted by Crippen LogP contribution is 2.29. The van der Waals surface area contributed by atoms with Crippen LogP contribution in [-0.4, -0.2) is 29.1 Å². The third kappa shape index (κ3) is 4.74. The third-order valence-corrected chi connectivity index (χ3v) is 3.59. The van der Waals surface area contributed by atoms with E-state index in [0.29, 0.717) is 10.0 Å². The van der Waals surface area contributed by atoms with Crippen LogP contribution < -0.4 is 10.1 Å². The number of aromatic carboxylic acids is 1. The minimum Gasteiger partial charge on any atom is -0.480 e. The van der Waals surface area contributed by atoms with Gasteiger partial charge < -0.3 is 15.2 Å². The second kappa shape index (κ2) is 7.45. The smallest absolute Gasteiger partial charge is 0.339 e. The van der Waals surface area contributed by atoms with Gasteiger partial charge in [-0.05, 0) is 44.9 Å². The fourth-order valence-corrected chi connectivity index (χ4v) is 2.31. The Morgan fingerprint density at radius 2 is 2.00 bits per heavy atom. The van der Waals surface area contributed by atoms with Gasteiger partial charge in [-0.15, -0.1) is 0 Å². The Labute approximate surface area is 132 Å². The molecule has 0 aliphatic heterocycles. The lowest BCUT2D eigenvalue weighted by Gasteiger charge is -2.20. The van der Waals surface area contributed by atoms with Crippen LogP contribution in [0.3, 0.4) is 0 Å². The molecule has 0 spiro atoms. The maximum atomic E-state index is 12.0. The third-order valence-electron chi connectivity index (χ3n) is 3.13. The van der Waals surface area contributed by atoms with Crippen LogP contribution in [0.1, 0.15) is 43.1 Å². The van der Waals surface area contributed by atoms with Crippen molar-refractivity contribution < 1.29 is 19.4 Å². The summed E-state index contributed by atoms with van der Waals surface area (Å²) in [7, 11) is 0. The van der Waals surface area contributed by atoms with Crippen LogP contribution in [0.5, 0.6) is 5.75 Å². The number of hydrogen-bond acceptors (Lipinski definition) is 3. The Morgan fingerprint density at radius 1 is 1.38 bits per heavy atom. The van der Waals surface area contributed by atoms with Gasteiger partial charge in [0.15, 0.2) is 6.10 Å². The van der Waals surface area contributed by atoms with Gasteiger partial charge >= 0.3 is 5.97 Å². The molecular weight excluding hydrogens is 338 g/mol. The molecule has 0 saturated heterocycles. The molecule has 0 aliphatic rings. The van der Waals surface area contributed by atoms with Crippen LogP contribution in [0.15, 0.2) is 16.6 Å². The molecule has 0 saturated carbocycles. The highest BCUT2D eigenvalue weighted by atomic mass is 79.9. The molecular formula is C15H20BrNO4. The average Bonchev–Trinajstić information content (AvgIpc) is 2.40. The van der Waals surface area contributed by atoms with Crippen molar-refractivity contribution in [3.8, 4) is 5.75 Å². The Kier molecular flexibility index (Phi) is 6.20. The molecule has 5 nitrogen and oxygen atoms in total. The monoisotopic (exact) mass is 357 g/mol. The maximum Gasteiger partial charge on any atom is 0.339 e. The van der Waals surface area contributed by atoms with E-state index < -0.39 is 12.1 Å². The van der Waals surface area contributed by atoms with E-state index in [1.165, 1.54) is 6.07 Å². The zero-order chi connectivity index (χ0) is 16.2. The first-order chi connectivity index (χ1) is 9.76. The number of carboxylic acids is 1. The number of carbonyl (C=O) groups excluding carboxylic acids is 1. The fourth-order valence-electron chi connectivity index (χ4n) is 1.74. The van der Waals surface area contributed by atoms with E-state index in [9.17, 15) is 14.7 Å². The van der Waals surface area contributed by atoms with Crippen molar-refractivity contribution in [2.24, 2.45) is 0 Å². The molecule has 2 unspecified atom stereocenters. The molecule has 0 radical (unpaired) electrons. The molecule has 1 aromatic carbocycles. The van der Waals surface area contributed by atoms with Crippen LogP contribution in [0.4, 0.5) is 0 Å². The second-order valence-corrected chi connectivity index (χ2v) is 5.90. The zero-order valence-electron chi connectivity index (χ0n) is 12.6. The Morgan fingerprint density at radius 3 is 2.52 bits per heavy atom. The van der Waals surface area contributed by atoms with Crippen molar-refractivity contribution in [3.05, 3.63) is 27.7 Å². The van der Waals surface area contributed by atoms with Gasteiger partial charge in [0.25, 0.3) is 5.91 Å². The number of rotatable bonds is 6. The van der Waals surface area contributed by atoms with E-state index in [2.05, 4.69) is 21.2 Å². The minimum atomic E-state index is -1.09. The lowest BCUT2D eigenvalue weighted by atomic mass is 10.1. The van der Waals surface area contributed by atoms with Crippen molar-refractivity contribution in [3.63, 3.8) is 0 Å². The first-order valence-electron chi connectivity index (χ1n) is 6.76. The molecule has 1 amide bonds. The Balaban J connectivity index is 2.97. The summed E-state index contributed by atoms with van der Waals surface area (Å²) in [5.74, 6) is -1.13. The Hall–Kier alpha value is -1.56. The van der Waals surface area contributed by atoms with Gasteiger partial charge in [0, 0.05) is 10.5 Å². The van der Waals surface area contributed by atoms with E-state index in [-0.39, 0.29) is 23.3 Å². The number of amides is 1. The number of nitrogens with one attached hydrogen (secondary N) is 1. The predicted molar refractivity (Wildman–Crippen MR) is 83.8 cm³/mol. The van der Waals surface area contributed by atoms with Gasteiger partial charge in [-0.25, -0.2) is 4.79 Å². The highest BCUT2D eigenvalue weighted by Gasteiger charge is 2.21. The van der Waals surface area contributed by atoms with Crippen LogP contribution in [-0.2, 0) is 4.79 Å². The normalized spacial score (nSPS) is 13.4. The summed E-state index contributed by atoms with van der Waals surface area (Å²) >= 11 is 3.25. The van der Waals surface area contributed by atoms with Gasteiger partial charge in [-0.3, -0.25) is 4.79 Å². The number of aryl methyl sites for hydroxylation is 1. The van der Waals surface area contributed by atoms with Crippen LogP contribution in [0.25, 0.3) is 0 Å². The molecule has 1 rings (SSSR count). The fraction of sp³-hybridized carbons (Fsp3) is 0.467. The van der Waals surface area contributed by atoms with Crippen LogP contribution in [0.2, 0.25) is 0 Å². The van der Waals surface area contributed by atoms with Crippen LogP contribution in [0, 0.1) is 6.92 Å². The van der Waals surface area contributed by atoms with Gasteiger partial charge in [0.05, 0.1) is 0 Å². The van der Waals surface area contributed by atoms with E-state index in [1.807, 2.05) is 13.8 Å². The highest BCUT2D eigenvalue weighted by molar-refractivity contribution is 9.10. The topological polar surface area (TPSA) is 75.6 Å². The van der Waals surface area contributed by atoms with Crippen molar-refractivity contribution >= 4 is 27.8 Å². The lowest BCUT2D eigenvalue weighted by molar-refractivity contribution is -0.127. The number of carbonyl (C=O) groups is 2. The lowest BCUT2D eigenvalue weighted by Crippen LogP contribution is -2.41. The van der Waals surface area contributed by atoms with E-state index in [0.717, 1.165) is 6.42 Å². The first kappa shape index (κ1) is 17.5. The minimum absolute atomic E-state index is 0.0325. The Bertz CT molecular complexity index is 545. The van der Waals surface area contributed by atoms with Crippen molar-refractivity contribution in [2.75, 3.05) is 0 Å². The molecule has 0 aliphatic carbocycles. The summed E-state index contributed by atoms with van der Waals surface area (Å²) in [4.78, 5) is 23.3. The number of ether oxygens (including phenoxy) is 1. The van der Waals surface area contributed by atoms with Gasteiger partial charge in [-0.2, -0.15) is 0 Å². The van der Waals surface area contributed by atoms with Gasteiger partial charge in [0.2, 0.25) is 0 Å². The second-order valence-electron chi connectivity index (χ2n) is 4.98. The molecule has 0 fully saturated rings. The summed E-state index contributed by atoms with van der Waals surface area (Å²) < 4.78 is 6.24. The molecule has 6 heteroatoms. The molecule has 1 aromatic rings. The number of benzene rings is 1. The number of carboxylic acid groups (broad SMARTS) is 1. The van der Waals surface area contributed by atoms with Crippen molar-refractivity contribution in [1.29, 1.82) is 0 Å². The summed E-state index contributed by atoms with van der Waals surface area (Å²) in [5, 5.41) is 12.1. The maximum absolute atomic E-state index is 12.0. The van der Waals surface area contributed by atoms with E-state index in [1.54, 1.807) is 19.9 Å². The average molecular weight is 358 g/mol. The summed E-state index contributed by atoms with van der Waals surface area (Å²) in [6.07, 6.45) is 0.0489. The summed E-state index contributed by atoms with van der Waals surface area (Å²) in [5.41, 5.74) is 0.690. The van der Waals surface area contributed by atoms with Gasteiger partial charge in [0.1, 0.15) is 11.3 Å². The van der Waals surface area contributed by atoms with Crippen molar-refractivity contribution in [2.45, 2.75) is 46.3 Å². The number of halogens is 1. The zero-order valence-corrected chi connectivity index (χ0v) is 14.2. The van der Waals surface area contributed by atoms with Crippen molar-refractivity contribution in [1.82, 2.24) is 5.32 Å². The molecule has 0 bridgehead atoms. The van der Waals surface area contributed by atoms with Crippen LogP contribution >= 0.6 is 15.9 Å². The molecule has 2 N–H and O–H groups in total. The summed E-state index contributed by atoms with van der Waals surface area (Å²) in [6, 6.07) is 3.26. The predicted octanol–water partition coefficient (Wildman–Crippen LogP) is 3.14. The largest absolute Gasteiger partial charge is 0.480 e. The molecule has 0 heterocycles. The number of hydrogen-bond donors (Lipinski definition) is 2. The molecule has 116 valence electrons. The quantitative estimate of drug-likeness (QED) is 0.819.